The highest BCUT2D eigenvalue weighted by atomic mass is 16.2. The molecule has 0 aliphatic carbocycles. The van der Waals surface area contributed by atoms with Gasteiger partial charge in [-0.3, -0.25) is 9.59 Å². The fourth-order valence-electron chi connectivity index (χ4n) is 3.04. The topological polar surface area (TPSA) is 69.3 Å². The average molecular weight is 336 g/mol. The number of benzene rings is 1. The van der Waals surface area contributed by atoms with Gasteiger partial charge >= 0.3 is 0 Å². The molecule has 6 nitrogen and oxygen atoms in total. The highest BCUT2D eigenvalue weighted by Gasteiger charge is 2.24. The molecule has 0 N–H and O–H groups in total. The number of amides is 2. The molecule has 0 unspecified atom stereocenters. The minimum absolute atomic E-state index is 0.00127. The summed E-state index contributed by atoms with van der Waals surface area (Å²) in [7, 11) is 1.88. The number of nitriles is 1. The Hall–Kier alpha value is -3.07. The second-order valence-electron chi connectivity index (χ2n) is 6.20. The molecular formula is C19H20N4O2. The standard InChI is InChI=1S/C19H20N4O2/c1-21-9-6-17(14-21)19(25)23-8-3-7-22(10-11-23)18(24)16-5-2-4-15(12-16)13-20/h2,4-6,9,12,14H,3,7-8,10-11H2,1H3. The summed E-state index contributed by atoms with van der Waals surface area (Å²) in [6.45, 7) is 2.25. The van der Waals surface area contributed by atoms with Crippen molar-refractivity contribution < 1.29 is 9.59 Å². The van der Waals surface area contributed by atoms with Crippen LogP contribution in [0.25, 0.3) is 0 Å². The number of aromatic nitrogens is 1. The maximum atomic E-state index is 12.7. The van der Waals surface area contributed by atoms with Crippen molar-refractivity contribution in [2.24, 2.45) is 7.05 Å². The second kappa shape index (κ2) is 7.22. The molecule has 0 radical (unpaired) electrons. The number of carbonyl (C=O) groups excluding carboxylic acids is 2. The third kappa shape index (κ3) is 3.72. The lowest BCUT2D eigenvalue weighted by molar-refractivity contribution is 0.0719. The molecule has 3 rings (SSSR count). The highest BCUT2D eigenvalue weighted by Crippen LogP contribution is 2.13. The van der Waals surface area contributed by atoms with Crippen molar-refractivity contribution in [1.29, 1.82) is 5.26 Å². The normalized spacial score (nSPS) is 14.7. The van der Waals surface area contributed by atoms with E-state index in [4.69, 9.17) is 5.26 Å². The van der Waals surface area contributed by atoms with Gasteiger partial charge in [0.2, 0.25) is 0 Å². The lowest BCUT2D eigenvalue weighted by Gasteiger charge is -2.22. The van der Waals surface area contributed by atoms with E-state index in [-0.39, 0.29) is 11.8 Å². The van der Waals surface area contributed by atoms with Gasteiger partial charge in [-0.05, 0) is 30.7 Å². The van der Waals surface area contributed by atoms with E-state index in [0.717, 1.165) is 6.42 Å². The van der Waals surface area contributed by atoms with E-state index in [2.05, 4.69) is 6.07 Å². The first-order valence-corrected chi connectivity index (χ1v) is 8.29. The summed E-state index contributed by atoms with van der Waals surface area (Å²) < 4.78 is 1.85. The summed E-state index contributed by atoms with van der Waals surface area (Å²) in [5.74, 6) is -0.0903. The quantitative estimate of drug-likeness (QED) is 0.841. The zero-order valence-electron chi connectivity index (χ0n) is 14.2. The van der Waals surface area contributed by atoms with E-state index in [1.54, 1.807) is 34.1 Å². The predicted molar refractivity (Wildman–Crippen MR) is 93.0 cm³/mol. The van der Waals surface area contributed by atoms with Gasteiger partial charge in [0.25, 0.3) is 11.8 Å². The minimum atomic E-state index is -0.0916. The fraction of sp³-hybridized carbons (Fsp3) is 0.316. The summed E-state index contributed by atoms with van der Waals surface area (Å²) in [5, 5.41) is 8.98. The molecule has 2 aromatic rings. The Labute approximate surface area is 146 Å². The lowest BCUT2D eigenvalue weighted by Crippen LogP contribution is -2.37. The second-order valence-corrected chi connectivity index (χ2v) is 6.20. The molecule has 1 fully saturated rings. The number of aryl methyl sites for hydroxylation is 1. The highest BCUT2D eigenvalue weighted by molar-refractivity contribution is 5.95. The maximum Gasteiger partial charge on any atom is 0.255 e. The van der Waals surface area contributed by atoms with Gasteiger partial charge in [0.05, 0.1) is 17.2 Å². The molecule has 25 heavy (non-hydrogen) atoms. The van der Waals surface area contributed by atoms with E-state index in [1.165, 1.54) is 0 Å². The van der Waals surface area contributed by atoms with Gasteiger partial charge in [0, 0.05) is 51.2 Å². The molecule has 1 saturated heterocycles. The van der Waals surface area contributed by atoms with Gasteiger partial charge in [-0.2, -0.15) is 5.26 Å². The molecule has 1 aromatic heterocycles. The molecule has 2 heterocycles. The molecule has 128 valence electrons. The molecule has 0 atom stereocenters. The van der Waals surface area contributed by atoms with Crippen molar-refractivity contribution in [3.05, 3.63) is 59.4 Å². The summed E-state index contributed by atoms with van der Waals surface area (Å²) in [6.07, 6.45) is 4.40. The first kappa shape index (κ1) is 16.8. The molecule has 2 amide bonds. The summed E-state index contributed by atoms with van der Waals surface area (Å²) in [5.41, 5.74) is 1.66. The zero-order chi connectivity index (χ0) is 17.8. The molecule has 1 aliphatic heterocycles. The van der Waals surface area contributed by atoms with E-state index in [9.17, 15) is 9.59 Å². The Balaban J connectivity index is 1.68. The van der Waals surface area contributed by atoms with E-state index < -0.39 is 0 Å². The molecule has 6 heteroatoms. The van der Waals surface area contributed by atoms with Crippen LogP contribution in [0.1, 0.15) is 32.7 Å². The van der Waals surface area contributed by atoms with Gasteiger partial charge < -0.3 is 14.4 Å². The summed E-state index contributed by atoms with van der Waals surface area (Å²) >= 11 is 0. The van der Waals surface area contributed by atoms with Crippen LogP contribution in [0, 0.1) is 11.3 Å². The van der Waals surface area contributed by atoms with Crippen LogP contribution >= 0.6 is 0 Å². The Bertz CT molecular complexity index is 834. The van der Waals surface area contributed by atoms with Gasteiger partial charge in [-0.25, -0.2) is 0 Å². The van der Waals surface area contributed by atoms with Crippen molar-refractivity contribution in [3.63, 3.8) is 0 Å². The van der Waals surface area contributed by atoms with Crippen LogP contribution < -0.4 is 0 Å². The predicted octanol–water partition coefficient (Wildman–Crippen LogP) is 1.89. The Kier molecular flexibility index (Phi) is 4.85. The van der Waals surface area contributed by atoms with Crippen molar-refractivity contribution in [3.8, 4) is 6.07 Å². The lowest BCUT2D eigenvalue weighted by atomic mass is 10.1. The molecule has 1 aliphatic rings. The van der Waals surface area contributed by atoms with Gasteiger partial charge in [0.15, 0.2) is 0 Å². The van der Waals surface area contributed by atoms with E-state index in [1.807, 2.05) is 30.1 Å². The van der Waals surface area contributed by atoms with Gasteiger partial charge in [-0.1, -0.05) is 6.07 Å². The fourth-order valence-corrected chi connectivity index (χ4v) is 3.04. The van der Waals surface area contributed by atoms with Crippen LogP contribution in [-0.4, -0.2) is 52.4 Å². The van der Waals surface area contributed by atoms with E-state index >= 15 is 0 Å². The first-order valence-electron chi connectivity index (χ1n) is 8.29. The van der Waals surface area contributed by atoms with E-state index in [0.29, 0.717) is 42.9 Å². The van der Waals surface area contributed by atoms with Crippen LogP contribution in [0.2, 0.25) is 0 Å². The number of hydrogen-bond acceptors (Lipinski definition) is 3. The average Bonchev–Trinajstić information content (AvgIpc) is 2.93. The van der Waals surface area contributed by atoms with Crippen LogP contribution in [-0.2, 0) is 7.05 Å². The SMILES string of the molecule is Cn1ccc(C(=O)N2CCCN(C(=O)c3cccc(C#N)c3)CC2)c1. The zero-order valence-corrected chi connectivity index (χ0v) is 14.2. The van der Waals surface area contributed by atoms with Crippen molar-refractivity contribution in [2.75, 3.05) is 26.2 Å². The van der Waals surface area contributed by atoms with Crippen molar-refractivity contribution in [1.82, 2.24) is 14.4 Å². The molecule has 1 aromatic carbocycles. The van der Waals surface area contributed by atoms with Crippen LogP contribution in [0.4, 0.5) is 0 Å². The summed E-state index contributed by atoms with van der Waals surface area (Å²) in [6, 6.07) is 10.6. The van der Waals surface area contributed by atoms with Crippen LogP contribution in [0.3, 0.4) is 0 Å². The Morgan fingerprint density at radius 3 is 2.28 bits per heavy atom. The van der Waals surface area contributed by atoms with Crippen molar-refractivity contribution in [2.45, 2.75) is 6.42 Å². The number of carbonyl (C=O) groups is 2. The van der Waals surface area contributed by atoms with Crippen LogP contribution in [0.5, 0.6) is 0 Å². The van der Waals surface area contributed by atoms with Crippen LogP contribution in [0.15, 0.2) is 42.7 Å². The molecular weight excluding hydrogens is 316 g/mol. The van der Waals surface area contributed by atoms with Gasteiger partial charge in [0.1, 0.15) is 0 Å². The smallest absolute Gasteiger partial charge is 0.255 e. The minimum Gasteiger partial charge on any atom is -0.356 e. The molecule has 0 saturated carbocycles. The Morgan fingerprint density at radius 2 is 1.68 bits per heavy atom. The number of rotatable bonds is 2. The third-order valence-corrected chi connectivity index (χ3v) is 4.39. The number of nitrogens with zero attached hydrogens (tertiary/aromatic N) is 4. The summed E-state index contributed by atoms with van der Waals surface area (Å²) in [4.78, 5) is 28.8. The van der Waals surface area contributed by atoms with Crippen molar-refractivity contribution >= 4 is 11.8 Å². The Morgan fingerprint density at radius 1 is 1.00 bits per heavy atom. The third-order valence-electron chi connectivity index (χ3n) is 4.39. The monoisotopic (exact) mass is 336 g/mol. The largest absolute Gasteiger partial charge is 0.356 e. The van der Waals surface area contributed by atoms with Gasteiger partial charge in [-0.15, -0.1) is 0 Å². The first-order chi connectivity index (χ1) is 12.1. The number of hydrogen-bond donors (Lipinski definition) is 0. The molecule has 0 bridgehead atoms. The molecule has 0 spiro atoms. The maximum absolute atomic E-state index is 12.7.